The minimum atomic E-state index is -1.25. The number of rotatable bonds is 4. The Morgan fingerprint density at radius 2 is 1.93 bits per heavy atom. The average molecular weight is 373 g/mol. The van der Waals surface area contributed by atoms with Crippen LogP contribution in [-0.2, 0) is 4.74 Å². The van der Waals surface area contributed by atoms with Gasteiger partial charge in [0.05, 0.1) is 20.0 Å². The van der Waals surface area contributed by atoms with Gasteiger partial charge < -0.3 is 30.5 Å². The van der Waals surface area contributed by atoms with Crippen LogP contribution >= 0.6 is 0 Å². The van der Waals surface area contributed by atoms with Gasteiger partial charge in [0, 0.05) is 5.56 Å². The number of nitrogens with two attached hydrogens (primary N) is 1. The molecular weight excluding hydrogens is 354 g/mol. The minimum Gasteiger partial charge on any atom is -0.497 e. The van der Waals surface area contributed by atoms with Crippen molar-refractivity contribution < 1.29 is 24.8 Å². The number of anilines is 1. The number of methoxy groups -OCH3 is 1. The quantitative estimate of drug-likeness (QED) is 0.483. The third-order valence-electron chi connectivity index (χ3n) is 4.59. The van der Waals surface area contributed by atoms with Crippen molar-refractivity contribution in [2.24, 2.45) is 0 Å². The molecule has 10 nitrogen and oxygen atoms in total. The molecule has 142 valence electrons. The summed E-state index contributed by atoms with van der Waals surface area (Å²) in [4.78, 5) is 13.0. The van der Waals surface area contributed by atoms with E-state index in [2.05, 4.69) is 15.0 Å². The van der Waals surface area contributed by atoms with E-state index in [9.17, 15) is 15.3 Å². The van der Waals surface area contributed by atoms with Gasteiger partial charge in [-0.2, -0.15) is 0 Å². The fraction of sp³-hybridized carbons (Fsp3) is 0.353. The number of imidazole rings is 1. The van der Waals surface area contributed by atoms with Gasteiger partial charge in [0.1, 0.15) is 29.6 Å². The molecule has 0 bridgehead atoms. The average Bonchev–Trinajstić information content (AvgIpc) is 3.23. The minimum absolute atomic E-state index is 0.177. The van der Waals surface area contributed by atoms with Gasteiger partial charge in [-0.05, 0) is 24.3 Å². The molecule has 1 aliphatic heterocycles. The fourth-order valence-electron chi connectivity index (χ4n) is 3.10. The summed E-state index contributed by atoms with van der Waals surface area (Å²) in [5.41, 5.74) is 7.46. The summed E-state index contributed by atoms with van der Waals surface area (Å²) in [5.74, 6) is 1.25. The highest BCUT2D eigenvalue weighted by molar-refractivity contribution is 5.83. The lowest BCUT2D eigenvalue weighted by molar-refractivity contribution is -0.0511. The Bertz CT molecular complexity index is 960. The van der Waals surface area contributed by atoms with Crippen LogP contribution in [-0.4, -0.2) is 66.9 Å². The molecule has 0 spiro atoms. The Balaban J connectivity index is 1.78. The topological polar surface area (TPSA) is 149 Å². The zero-order valence-corrected chi connectivity index (χ0v) is 14.4. The van der Waals surface area contributed by atoms with Gasteiger partial charge in [0.15, 0.2) is 23.5 Å². The zero-order chi connectivity index (χ0) is 19.1. The molecule has 0 unspecified atom stereocenters. The molecule has 3 aromatic rings. The van der Waals surface area contributed by atoms with Crippen molar-refractivity contribution in [2.75, 3.05) is 19.5 Å². The maximum absolute atomic E-state index is 10.3. The van der Waals surface area contributed by atoms with E-state index in [1.54, 1.807) is 31.4 Å². The first-order chi connectivity index (χ1) is 13.0. The highest BCUT2D eigenvalue weighted by Crippen LogP contribution is 2.32. The lowest BCUT2D eigenvalue weighted by Gasteiger charge is -2.16. The number of fused-ring (bicyclic) bond motifs is 1. The van der Waals surface area contributed by atoms with Gasteiger partial charge in [0.25, 0.3) is 0 Å². The number of aromatic nitrogens is 4. The second kappa shape index (κ2) is 6.74. The number of aliphatic hydroxyl groups excluding tert-OH is 3. The van der Waals surface area contributed by atoms with E-state index in [1.165, 1.54) is 10.9 Å². The molecule has 4 atom stereocenters. The highest BCUT2D eigenvalue weighted by atomic mass is 16.6. The van der Waals surface area contributed by atoms with E-state index in [1.807, 2.05) is 0 Å². The molecule has 1 fully saturated rings. The molecule has 3 heterocycles. The van der Waals surface area contributed by atoms with Crippen molar-refractivity contribution in [3.8, 4) is 17.1 Å². The van der Waals surface area contributed by atoms with Gasteiger partial charge in [-0.3, -0.25) is 4.57 Å². The number of nitrogens with zero attached hydrogens (tertiary/aromatic N) is 4. The van der Waals surface area contributed by atoms with E-state index in [0.29, 0.717) is 22.7 Å². The lowest BCUT2D eigenvalue weighted by Crippen LogP contribution is -2.33. The number of aliphatic hydroxyl groups is 3. The first-order valence-corrected chi connectivity index (χ1v) is 8.30. The molecule has 2 aromatic heterocycles. The number of hydrogen-bond donors (Lipinski definition) is 4. The largest absolute Gasteiger partial charge is 0.497 e. The van der Waals surface area contributed by atoms with Crippen LogP contribution in [0.25, 0.3) is 22.6 Å². The first kappa shape index (κ1) is 17.6. The van der Waals surface area contributed by atoms with E-state index in [4.69, 9.17) is 15.2 Å². The van der Waals surface area contributed by atoms with E-state index >= 15 is 0 Å². The molecule has 0 radical (unpaired) electrons. The number of benzene rings is 1. The van der Waals surface area contributed by atoms with Crippen LogP contribution < -0.4 is 10.5 Å². The van der Waals surface area contributed by atoms with Crippen molar-refractivity contribution in [1.29, 1.82) is 0 Å². The van der Waals surface area contributed by atoms with Crippen molar-refractivity contribution in [3.05, 3.63) is 30.6 Å². The molecule has 0 aliphatic carbocycles. The van der Waals surface area contributed by atoms with E-state index in [0.717, 1.165) is 5.56 Å². The van der Waals surface area contributed by atoms with Crippen molar-refractivity contribution in [2.45, 2.75) is 24.5 Å². The first-order valence-electron chi connectivity index (χ1n) is 8.30. The summed E-state index contributed by atoms with van der Waals surface area (Å²) in [5, 5.41) is 29.6. The summed E-state index contributed by atoms with van der Waals surface area (Å²) in [6.45, 7) is -0.421. The predicted octanol–water partition coefficient (Wildman–Crippen LogP) is -0.304. The summed E-state index contributed by atoms with van der Waals surface area (Å²) >= 11 is 0. The zero-order valence-electron chi connectivity index (χ0n) is 14.4. The van der Waals surface area contributed by atoms with Gasteiger partial charge in [-0.25, -0.2) is 15.0 Å². The standard InChI is InChI=1S/C17H19N5O5/c1-26-9-4-2-8(3-5-9)15-20-14(18)11-16(21-15)22(7-19-11)17-13(25)12(24)10(6-23)27-17/h2-5,7,10,12-13,17,23-25H,6H2,1H3,(H2,18,20,21)/t10-,12-,13+,17+/m1/s1. The molecular formula is C17H19N5O5. The second-order valence-corrected chi connectivity index (χ2v) is 6.21. The summed E-state index contributed by atoms with van der Waals surface area (Å²) < 4.78 is 12.2. The van der Waals surface area contributed by atoms with Gasteiger partial charge in [0.2, 0.25) is 0 Å². The maximum atomic E-state index is 10.3. The van der Waals surface area contributed by atoms with Gasteiger partial charge in [-0.15, -0.1) is 0 Å². The van der Waals surface area contributed by atoms with Crippen LogP contribution in [0, 0.1) is 0 Å². The van der Waals surface area contributed by atoms with Gasteiger partial charge >= 0.3 is 0 Å². The smallest absolute Gasteiger partial charge is 0.168 e. The maximum Gasteiger partial charge on any atom is 0.168 e. The SMILES string of the molecule is COc1ccc(-c2nc(N)c3ncn([C@H]4O[C@H](CO)[C@@H](O)[C@@H]4O)c3n2)cc1. The van der Waals surface area contributed by atoms with Crippen molar-refractivity contribution >= 4 is 17.0 Å². The Morgan fingerprint density at radius 3 is 2.56 bits per heavy atom. The Kier molecular flexibility index (Phi) is 4.40. The number of ether oxygens (including phenoxy) is 2. The molecule has 0 amide bonds. The van der Waals surface area contributed by atoms with Crippen molar-refractivity contribution in [3.63, 3.8) is 0 Å². The molecule has 1 aromatic carbocycles. The van der Waals surface area contributed by atoms with Crippen LogP contribution in [0.15, 0.2) is 30.6 Å². The molecule has 0 saturated carbocycles. The van der Waals surface area contributed by atoms with E-state index < -0.39 is 31.1 Å². The lowest BCUT2D eigenvalue weighted by atomic mass is 10.1. The fourth-order valence-corrected chi connectivity index (χ4v) is 3.10. The highest BCUT2D eigenvalue weighted by Gasteiger charge is 2.44. The number of nitrogen functional groups attached to an aromatic ring is 1. The van der Waals surface area contributed by atoms with Crippen LogP contribution in [0.5, 0.6) is 5.75 Å². The van der Waals surface area contributed by atoms with Crippen LogP contribution in [0.2, 0.25) is 0 Å². The molecule has 27 heavy (non-hydrogen) atoms. The number of hydrogen-bond acceptors (Lipinski definition) is 9. The van der Waals surface area contributed by atoms with Gasteiger partial charge in [-0.1, -0.05) is 0 Å². The summed E-state index contributed by atoms with van der Waals surface area (Å²) in [7, 11) is 1.58. The second-order valence-electron chi connectivity index (χ2n) is 6.21. The normalized spacial score (nSPS) is 25.2. The molecule has 4 rings (SSSR count). The van der Waals surface area contributed by atoms with Crippen LogP contribution in [0.4, 0.5) is 5.82 Å². The Hall–Kier alpha value is -2.79. The predicted molar refractivity (Wildman–Crippen MR) is 94.7 cm³/mol. The van der Waals surface area contributed by atoms with E-state index in [-0.39, 0.29) is 5.82 Å². The monoisotopic (exact) mass is 373 g/mol. The Morgan fingerprint density at radius 1 is 1.19 bits per heavy atom. The van der Waals surface area contributed by atoms with Crippen LogP contribution in [0.3, 0.4) is 0 Å². The summed E-state index contributed by atoms with van der Waals surface area (Å²) in [6, 6.07) is 7.16. The van der Waals surface area contributed by atoms with Crippen LogP contribution in [0.1, 0.15) is 6.23 Å². The molecule has 5 N–H and O–H groups in total. The Labute approximate surface area is 153 Å². The third kappa shape index (κ3) is 2.88. The molecule has 10 heteroatoms. The van der Waals surface area contributed by atoms with Crippen molar-refractivity contribution in [1.82, 2.24) is 19.5 Å². The molecule has 1 saturated heterocycles. The third-order valence-corrected chi connectivity index (χ3v) is 4.59. The summed E-state index contributed by atoms with van der Waals surface area (Å²) in [6.07, 6.45) is -2.92. The molecule has 1 aliphatic rings.